The predicted octanol–water partition coefficient (Wildman–Crippen LogP) is 1.18. The van der Waals surface area contributed by atoms with Crippen LogP contribution in [-0.4, -0.2) is 22.9 Å². The summed E-state index contributed by atoms with van der Waals surface area (Å²) in [7, 11) is 0. The fraction of sp³-hybridized carbons (Fsp3) is 0.625. The van der Waals surface area contributed by atoms with Crippen molar-refractivity contribution in [1.82, 2.24) is 0 Å². The third kappa shape index (κ3) is 1.07. The number of amidine groups is 1. The van der Waals surface area contributed by atoms with Gasteiger partial charge >= 0.3 is 0 Å². The van der Waals surface area contributed by atoms with Crippen molar-refractivity contribution in [3.8, 4) is 0 Å². The Kier molecular flexibility index (Phi) is 1.68. The van der Waals surface area contributed by atoms with Crippen molar-refractivity contribution in [2.75, 3.05) is 12.3 Å². The van der Waals surface area contributed by atoms with Gasteiger partial charge in [-0.15, -0.1) is 11.8 Å². The maximum Gasteiger partial charge on any atom is 0.111 e. The molecule has 2 nitrogen and oxygen atoms in total. The van der Waals surface area contributed by atoms with Crippen molar-refractivity contribution in [3.05, 3.63) is 12.2 Å². The molecule has 1 heterocycles. The van der Waals surface area contributed by atoms with E-state index in [2.05, 4.69) is 17.1 Å². The van der Waals surface area contributed by atoms with Crippen LogP contribution < -0.4 is 5.73 Å². The van der Waals surface area contributed by atoms with Crippen LogP contribution in [0.3, 0.4) is 0 Å². The molecule has 0 amide bonds. The van der Waals surface area contributed by atoms with E-state index in [1.807, 2.05) is 11.8 Å². The van der Waals surface area contributed by atoms with Crippen LogP contribution in [0.1, 0.15) is 12.8 Å². The first-order valence-corrected chi connectivity index (χ1v) is 4.91. The van der Waals surface area contributed by atoms with Crippen LogP contribution in [0.15, 0.2) is 17.1 Å². The molecule has 0 atom stereocenters. The predicted molar refractivity (Wildman–Crippen MR) is 50.1 cm³/mol. The monoisotopic (exact) mass is 168 g/mol. The number of hydrogen-bond donors (Lipinski definition) is 1. The Labute approximate surface area is 71.0 Å². The summed E-state index contributed by atoms with van der Waals surface area (Å²) < 4.78 is 0.165. The second kappa shape index (κ2) is 2.55. The first-order valence-electron chi connectivity index (χ1n) is 3.93. The number of rotatable bonds is 0. The lowest BCUT2D eigenvalue weighted by Gasteiger charge is -2.30. The van der Waals surface area contributed by atoms with E-state index >= 15 is 0 Å². The maximum atomic E-state index is 5.86. The highest BCUT2D eigenvalue weighted by atomic mass is 32.2. The molecule has 0 bridgehead atoms. The summed E-state index contributed by atoms with van der Waals surface area (Å²) in [4.78, 5) is 4.30. The maximum absolute atomic E-state index is 5.86. The standard InChI is InChI=1S/C8H12N2S/c9-7-8(3-1-2-4-8)11-6-5-10-7/h1-2H,3-6H2,(H2,9,10). The number of aliphatic imine (C=N–C) groups is 1. The summed E-state index contributed by atoms with van der Waals surface area (Å²) >= 11 is 1.96. The van der Waals surface area contributed by atoms with Gasteiger partial charge in [-0.05, 0) is 12.8 Å². The minimum absolute atomic E-state index is 0.165. The smallest absolute Gasteiger partial charge is 0.111 e. The van der Waals surface area contributed by atoms with E-state index in [4.69, 9.17) is 5.73 Å². The van der Waals surface area contributed by atoms with Crippen molar-refractivity contribution < 1.29 is 0 Å². The molecule has 0 saturated carbocycles. The van der Waals surface area contributed by atoms with E-state index < -0.39 is 0 Å². The lowest BCUT2D eigenvalue weighted by atomic mass is 10.1. The summed E-state index contributed by atoms with van der Waals surface area (Å²) in [5.74, 6) is 1.99. The Balaban J connectivity index is 2.23. The lowest BCUT2D eigenvalue weighted by molar-refractivity contribution is 0.793. The first kappa shape index (κ1) is 7.22. The van der Waals surface area contributed by atoms with Crippen LogP contribution in [0, 0.1) is 0 Å². The highest BCUT2D eigenvalue weighted by Crippen LogP contribution is 2.39. The molecule has 3 heteroatoms. The zero-order valence-corrected chi connectivity index (χ0v) is 7.23. The number of allylic oxidation sites excluding steroid dienone is 2. The van der Waals surface area contributed by atoms with E-state index in [0.717, 1.165) is 31.0 Å². The van der Waals surface area contributed by atoms with E-state index in [-0.39, 0.29) is 4.75 Å². The Hall–Kier alpha value is -0.440. The molecular formula is C8H12N2S. The average molecular weight is 168 g/mol. The molecule has 2 rings (SSSR count). The van der Waals surface area contributed by atoms with Crippen LogP contribution in [0.5, 0.6) is 0 Å². The number of nitrogens with two attached hydrogens (primary N) is 1. The quantitative estimate of drug-likeness (QED) is 0.552. The third-order valence-electron chi connectivity index (χ3n) is 2.28. The number of thioether (sulfide) groups is 1. The van der Waals surface area contributed by atoms with Crippen molar-refractivity contribution in [1.29, 1.82) is 0 Å². The first-order chi connectivity index (χ1) is 5.33. The summed E-state index contributed by atoms with van der Waals surface area (Å²) in [6.45, 7) is 0.901. The van der Waals surface area contributed by atoms with Crippen molar-refractivity contribution >= 4 is 17.6 Å². The fourth-order valence-corrected chi connectivity index (χ4v) is 2.80. The summed E-state index contributed by atoms with van der Waals surface area (Å²) in [5.41, 5.74) is 5.86. The molecule has 0 saturated heterocycles. The molecule has 0 fully saturated rings. The Morgan fingerprint density at radius 2 is 2.18 bits per heavy atom. The van der Waals surface area contributed by atoms with Gasteiger partial charge in [0.1, 0.15) is 5.84 Å². The second-order valence-corrected chi connectivity index (χ2v) is 4.47. The van der Waals surface area contributed by atoms with Gasteiger partial charge < -0.3 is 5.73 Å². The largest absolute Gasteiger partial charge is 0.386 e. The zero-order chi connectivity index (χ0) is 7.73. The topological polar surface area (TPSA) is 38.4 Å². The zero-order valence-electron chi connectivity index (χ0n) is 6.42. The van der Waals surface area contributed by atoms with E-state index in [9.17, 15) is 0 Å². The highest BCUT2D eigenvalue weighted by molar-refractivity contribution is 8.01. The molecule has 0 aromatic heterocycles. The molecule has 0 unspecified atom stereocenters. The van der Waals surface area contributed by atoms with Gasteiger partial charge in [0.15, 0.2) is 0 Å². The number of nitrogens with zero attached hydrogens (tertiary/aromatic N) is 1. The van der Waals surface area contributed by atoms with E-state index in [1.165, 1.54) is 0 Å². The SMILES string of the molecule is NC1=NCCSC12CC=CC2. The fourth-order valence-electron chi connectivity index (χ4n) is 1.58. The summed E-state index contributed by atoms with van der Waals surface area (Å²) in [6.07, 6.45) is 6.57. The molecule has 0 radical (unpaired) electrons. The van der Waals surface area contributed by atoms with E-state index in [0.29, 0.717) is 0 Å². The van der Waals surface area contributed by atoms with Crippen molar-refractivity contribution in [2.24, 2.45) is 10.7 Å². The molecule has 2 N–H and O–H groups in total. The van der Waals surface area contributed by atoms with Gasteiger partial charge in [0.05, 0.1) is 11.3 Å². The van der Waals surface area contributed by atoms with Gasteiger partial charge in [-0.25, -0.2) is 0 Å². The molecular weight excluding hydrogens is 156 g/mol. The van der Waals surface area contributed by atoms with Gasteiger partial charge in [-0.3, -0.25) is 4.99 Å². The molecule has 2 aliphatic rings. The molecule has 0 aromatic rings. The third-order valence-corrected chi connectivity index (χ3v) is 3.76. The molecule has 1 aliphatic heterocycles. The van der Waals surface area contributed by atoms with Gasteiger partial charge in [0.2, 0.25) is 0 Å². The second-order valence-electron chi connectivity index (χ2n) is 2.99. The van der Waals surface area contributed by atoms with Gasteiger partial charge in [-0.1, -0.05) is 12.2 Å². The van der Waals surface area contributed by atoms with Crippen molar-refractivity contribution in [2.45, 2.75) is 17.6 Å². The molecule has 11 heavy (non-hydrogen) atoms. The van der Waals surface area contributed by atoms with Gasteiger partial charge in [0, 0.05) is 5.75 Å². The molecule has 1 aliphatic carbocycles. The molecule has 0 aromatic carbocycles. The minimum atomic E-state index is 0.165. The Morgan fingerprint density at radius 3 is 2.82 bits per heavy atom. The van der Waals surface area contributed by atoms with Crippen LogP contribution >= 0.6 is 11.8 Å². The highest BCUT2D eigenvalue weighted by Gasteiger charge is 2.37. The average Bonchev–Trinajstić information content (AvgIpc) is 2.46. The van der Waals surface area contributed by atoms with Gasteiger partial charge in [-0.2, -0.15) is 0 Å². The van der Waals surface area contributed by atoms with Crippen LogP contribution in [0.2, 0.25) is 0 Å². The van der Waals surface area contributed by atoms with Gasteiger partial charge in [0.25, 0.3) is 0 Å². The van der Waals surface area contributed by atoms with Crippen LogP contribution in [-0.2, 0) is 0 Å². The Morgan fingerprint density at radius 1 is 1.45 bits per heavy atom. The Bertz CT molecular complexity index is 212. The summed E-state index contributed by atoms with van der Waals surface area (Å²) in [6, 6.07) is 0. The minimum Gasteiger partial charge on any atom is -0.386 e. The lowest BCUT2D eigenvalue weighted by Crippen LogP contribution is -2.41. The molecule has 60 valence electrons. The molecule has 1 spiro atoms. The summed E-state index contributed by atoms with van der Waals surface area (Å²) in [5, 5.41) is 0. The normalized spacial score (nSPS) is 27.5. The van der Waals surface area contributed by atoms with Crippen LogP contribution in [0.25, 0.3) is 0 Å². The van der Waals surface area contributed by atoms with Crippen molar-refractivity contribution in [3.63, 3.8) is 0 Å². The number of hydrogen-bond acceptors (Lipinski definition) is 3. The van der Waals surface area contributed by atoms with E-state index in [1.54, 1.807) is 0 Å². The van der Waals surface area contributed by atoms with Crippen LogP contribution in [0.4, 0.5) is 0 Å².